The van der Waals surface area contributed by atoms with E-state index in [0.29, 0.717) is 12.0 Å². The molecule has 0 bridgehead atoms. The van der Waals surface area contributed by atoms with Gasteiger partial charge in [-0.1, -0.05) is 0 Å². The van der Waals surface area contributed by atoms with Crippen LogP contribution in [0, 0.1) is 6.42 Å². The summed E-state index contributed by atoms with van der Waals surface area (Å²) in [6, 6.07) is 3.76. The lowest BCUT2D eigenvalue weighted by molar-refractivity contribution is -0.137. The van der Waals surface area contributed by atoms with Crippen molar-refractivity contribution in [2.75, 3.05) is 25.4 Å². The van der Waals surface area contributed by atoms with E-state index in [1.807, 2.05) is 6.42 Å². The van der Waals surface area contributed by atoms with Crippen LogP contribution in [0.15, 0.2) is 18.2 Å². The number of benzene rings is 1. The number of likely N-dealkylation sites (tertiary alicyclic amines) is 1. The fourth-order valence-corrected chi connectivity index (χ4v) is 2.38. The Bertz CT molecular complexity index is 423. The summed E-state index contributed by atoms with van der Waals surface area (Å²) >= 11 is 0. The first kappa shape index (κ1) is 14.2. The lowest BCUT2D eigenvalue weighted by Gasteiger charge is -2.14. The van der Waals surface area contributed by atoms with Crippen LogP contribution in [0.5, 0.6) is 0 Å². The monoisotopic (exact) mass is 271 g/mol. The third-order valence-corrected chi connectivity index (χ3v) is 3.31. The number of anilines is 1. The van der Waals surface area contributed by atoms with Crippen LogP contribution in [0.2, 0.25) is 0 Å². The van der Waals surface area contributed by atoms with Gasteiger partial charge in [0.25, 0.3) is 0 Å². The molecule has 0 aromatic heterocycles. The second-order valence-electron chi connectivity index (χ2n) is 4.96. The van der Waals surface area contributed by atoms with Gasteiger partial charge in [0.2, 0.25) is 0 Å². The van der Waals surface area contributed by atoms with Crippen molar-refractivity contribution in [2.24, 2.45) is 0 Å². The number of alkyl halides is 3. The third kappa shape index (κ3) is 4.13. The molecule has 1 aromatic rings. The predicted molar refractivity (Wildman–Crippen MR) is 69.5 cm³/mol. The summed E-state index contributed by atoms with van der Waals surface area (Å²) in [7, 11) is 0. The van der Waals surface area contributed by atoms with E-state index >= 15 is 0 Å². The highest BCUT2D eigenvalue weighted by atomic mass is 19.4. The highest BCUT2D eigenvalue weighted by molar-refractivity contribution is 5.46. The normalized spacial score (nSPS) is 17.0. The average Bonchev–Trinajstić information content (AvgIpc) is 2.80. The number of nitrogens with zero attached hydrogens (tertiary/aromatic N) is 1. The number of hydrogen-bond donors (Lipinski definition) is 1. The Morgan fingerprint density at radius 3 is 2.47 bits per heavy atom. The van der Waals surface area contributed by atoms with Crippen molar-refractivity contribution in [3.63, 3.8) is 0 Å². The van der Waals surface area contributed by atoms with E-state index in [4.69, 9.17) is 5.73 Å². The van der Waals surface area contributed by atoms with Crippen molar-refractivity contribution in [1.82, 2.24) is 4.90 Å². The van der Waals surface area contributed by atoms with Gasteiger partial charge in [0, 0.05) is 12.2 Å². The maximum absolute atomic E-state index is 12.6. The van der Waals surface area contributed by atoms with Gasteiger partial charge in [-0.15, -0.1) is 0 Å². The zero-order valence-electron chi connectivity index (χ0n) is 10.7. The molecule has 2 nitrogen and oxygen atoms in total. The summed E-state index contributed by atoms with van der Waals surface area (Å²) < 4.78 is 37.9. The zero-order valence-corrected chi connectivity index (χ0v) is 10.7. The molecule has 0 unspecified atom stereocenters. The molecule has 1 saturated heterocycles. The molecule has 1 aliphatic heterocycles. The largest absolute Gasteiger partial charge is 0.416 e. The van der Waals surface area contributed by atoms with Crippen LogP contribution in [0.25, 0.3) is 0 Å². The summed E-state index contributed by atoms with van der Waals surface area (Å²) in [6.07, 6.45) is 0.624. The minimum absolute atomic E-state index is 0.166. The van der Waals surface area contributed by atoms with Gasteiger partial charge in [-0.25, -0.2) is 0 Å². The van der Waals surface area contributed by atoms with Crippen LogP contribution < -0.4 is 5.73 Å². The van der Waals surface area contributed by atoms with E-state index in [2.05, 4.69) is 4.90 Å². The quantitative estimate of drug-likeness (QED) is 0.852. The van der Waals surface area contributed by atoms with Gasteiger partial charge < -0.3 is 10.6 Å². The van der Waals surface area contributed by atoms with Crippen LogP contribution in [0.1, 0.15) is 24.0 Å². The number of halogens is 3. The van der Waals surface area contributed by atoms with E-state index in [9.17, 15) is 13.2 Å². The number of nitrogens with two attached hydrogens (primary N) is 1. The molecule has 0 saturated carbocycles. The Balaban J connectivity index is 1.94. The van der Waals surface area contributed by atoms with E-state index in [1.54, 1.807) is 6.07 Å². The molecule has 1 heterocycles. The Hall–Kier alpha value is -1.23. The molecule has 0 amide bonds. The molecular formula is C14H18F3N2. The van der Waals surface area contributed by atoms with Crippen LogP contribution >= 0.6 is 0 Å². The van der Waals surface area contributed by atoms with E-state index in [-0.39, 0.29) is 5.69 Å². The molecule has 0 aliphatic carbocycles. The maximum Gasteiger partial charge on any atom is 0.416 e. The second kappa shape index (κ2) is 5.82. The standard InChI is InChI=1S/C14H18F3N2/c15-14(16,17)12-8-11(9-13(18)10-12)4-3-7-19-5-1-2-6-19/h3,8-10H,1-2,4-7,18H2. The van der Waals surface area contributed by atoms with E-state index < -0.39 is 11.7 Å². The molecule has 105 valence electrons. The molecule has 2 N–H and O–H groups in total. The molecule has 1 aromatic carbocycles. The highest BCUT2D eigenvalue weighted by Crippen LogP contribution is 2.31. The van der Waals surface area contributed by atoms with E-state index in [0.717, 1.165) is 25.7 Å². The summed E-state index contributed by atoms with van der Waals surface area (Å²) in [5.74, 6) is 0. The number of hydrogen-bond acceptors (Lipinski definition) is 2. The molecule has 5 heteroatoms. The minimum Gasteiger partial charge on any atom is -0.399 e. The van der Waals surface area contributed by atoms with Crippen LogP contribution in [0.3, 0.4) is 0 Å². The van der Waals surface area contributed by atoms with Gasteiger partial charge in [-0.2, -0.15) is 13.2 Å². The third-order valence-electron chi connectivity index (χ3n) is 3.31. The maximum atomic E-state index is 12.6. The molecule has 19 heavy (non-hydrogen) atoms. The Labute approximate surface area is 111 Å². The fraction of sp³-hybridized carbons (Fsp3) is 0.500. The van der Waals surface area contributed by atoms with Crippen LogP contribution in [-0.4, -0.2) is 24.5 Å². The minimum atomic E-state index is -4.33. The van der Waals surface area contributed by atoms with Crippen LogP contribution in [0.4, 0.5) is 18.9 Å². The Morgan fingerprint density at radius 2 is 1.84 bits per heavy atom. The lowest BCUT2D eigenvalue weighted by Crippen LogP contribution is -2.21. The van der Waals surface area contributed by atoms with Crippen molar-refractivity contribution in [1.29, 1.82) is 0 Å². The molecule has 1 fully saturated rings. The van der Waals surface area contributed by atoms with Crippen molar-refractivity contribution in [3.05, 3.63) is 35.7 Å². The van der Waals surface area contributed by atoms with Crippen molar-refractivity contribution >= 4 is 5.69 Å². The molecule has 1 aliphatic rings. The van der Waals surface area contributed by atoms with Gasteiger partial charge in [0.1, 0.15) is 0 Å². The molecule has 1 radical (unpaired) electrons. The summed E-state index contributed by atoms with van der Waals surface area (Å²) in [6.45, 7) is 3.00. The van der Waals surface area contributed by atoms with Gasteiger partial charge in [0.05, 0.1) is 5.56 Å². The van der Waals surface area contributed by atoms with Crippen molar-refractivity contribution in [3.8, 4) is 0 Å². The smallest absolute Gasteiger partial charge is 0.399 e. The van der Waals surface area contributed by atoms with Crippen molar-refractivity contribution in [2.45, 2.75) is 25.4 Å². The average molecular weight is 271 g/mol. The summed E-state index contributed by atoms with van der Waals surface area (Å²) in [4.78, 5) is 2.30. The molecule has 2 rings (SSSR count). The van der Waals surface area contributed by atoms with Gasteiger partial charge in [0.15, 0.2) is 0 Å². The molecular weight excluding hydrogens is 253 g/mol. The van der Waals surface area contributed by atoms with Gasteiger partial charge in [-0.05, 0) is 62.5 Å². The number of rotatable bonds is 4. The van der Waals surface area contributed by atoms with E-state index in [1.165, 1.54) is 18.9 Å². The topological polar surface area (TPSA) is 29.3 Å². The molecule has 0 spiro atoms. The van der Waals surface area contributed by atoms with Crippen LogP contribution in [-0.2, 0) is 12.6 Å². The SMILES string of the molecule is Nc1cc(C[CH]CN2CCCC2)cc(C(F)(F)F)c1. The first-order valence-electron chi connectivity index (χ1n) is 6.46. The number of nitrogen functional groups attached to an aromatic ring is 1. The zero-order chi connectivity index (χ0) is 13.9. The van der Waals surface area contributed by atoms with Gasteiger partial charge >= 0.3 is 6.18 Å². The molecule has 0 atom stereocenters. The first-order valence-corrected chi connectivity index (χ1v) is 6.46. The Morgan fingerprint density at radius 1 is 1.16 bits per heavy atom. The summed E-state index contributed by atoms with van der Waals surface area (Å²) in [5, 5.41) is 0. The van der Waals surface area contributed by atoms with Crippen molar-refractivity contribution < 1.29 is 13.2 Å². The first-order chi connectivity index (χ1) is 8.95. The highest BCUT2D eigenvalue weighted by Gasteiger charge is 2.30. The van der Waals surface area contributed by atoms with Gasteiger partial charge in [-0.3, -0.25) is 0 Å². The second-order valence-corrected chi connectivity index (χ2v) is 4.96. The lowest BCUT2D eigenvalue weighted by atomic mass is 10.0. The summed E-state index contributed by atoms with van der Waals surface area (Å²) in [5.41, 5.74) is 5.64. The fourth-order valence-electron chi connectivity index (χ4n) is 2.38. The predicted octanol–water partition coefficient (Wildman–Crippen LogP) is 3.13. The Kier molecular flexibility index (Phi) is 4.34.